The van der Waals surface area contributed by atoms with Gasteiger partial charge in [0.05, 0.1) is 11.6 Å². The Balaban J connectivity index is 1.64. The number of benzene rings is 2. The summed E-state index contributed by atoms with van der Waals surface area (Å²) >= 11 is 0. The fourth-order valence-electron chi connectivity index (χ4n) is 4.28. The number of rotatable bonds is 3. The molecule has 0 aliphatic carbocycles. The Morgan fingerprint density at radius 1 is 1.10 bits per heavy atom. The third-order valence-corrected chi connectivity index (χ3v) is 7.93. The van der Waals surface area contributed by atoms with Crippen LogP contribution in [0.2, 0.25) is 0 Å². The second kappa shape index (κ2) is 6.99. The Morgan fingerprint density at radius 3 is 2.52 bits per heavy atom. The van der Waals surface area contributed by atoms with Gasteiger partial charge in [0, 0.05) is 6.54 Å². The quantitative estimate of drug-likeness (QED) is 0.776. The average molecular weight is 413 g/mol. The van der Waals surface area contributed by atoms with Gasteiger partial charge in [-0.2, -0.15) is 0 Å². The molecular weight excluding hydrogens is 388 g/mol. The van der Waals surface area contributed by atoms with E-state index in [9.17, 15) is 18.0 Å². The molecule has 0 bridgehead atoms. The zero-order chi connectivity index (χ0) is 20.9. The number of nitrogens with zero attached hydrogens (tertiary/aromatic N) is 2. The molecule has 2 unspecified atom stereocenters. The van der Waals surface area contributed by atoms with Crippen molar-refractivity contribution in [3.05, 3.63) is 64.7 Å². The highest BCUT2D eigenvalue weighted by Gasteiger charge is 2.47. The zero-order valence-corrected chi connectivity index (χ0v) is 17.6. The lowest BCUT2D eigenvalue weighted by Gasteiger charge is -2.31. The Morgan fingerprint density at radius 2 is 1.83 bits per heavy atom. The van der Waals surface area contributed by atoms with Gasteiger partial charge >= 0.3 is 0 Å². The smallest absolute Gasteiger partial charge is 0.269 e. The number of likely N-dealkylation sites (tertiary alicyclic amines) is 1. The Kier molecular flexibility index (Phi) is 4.73. The summed E-state index contributed by atoms with van der Waals surface area (Å²) in [6.45, 7) is 6.13. The Labute approximate surface area is 171 Å². The fourth-order valence-corrected chi connectivity index (χ4v) is 5.99. The monoisotopic (exact) mass is 412 g/mol. The molecule has 4 rings (SSSR count). The predicted octanol–water partition coefficient (Wildman–Crippen LogP) is 3.20. The number of carbonyl (C=O) groups is 2. The first-order valence-electron chi connectivity index (χ1n) is 9.79. The van der Waals surface area contributed by atoms with E-state index in [0.717, 1.165) is 28.3 Å². The van der Waals surface area contributed by atoms with Crippen molar-refractivity contribution in [3.8, 4) is 0 Å². The molecule has 0 saturated carbocycles. The molecule has 2 aromatic carbocycles. The molecule has 0 aromatic heterocycles. The maximum atomic E-state index is 13.3. The van der Waals surface area contributed by atoms with Crippen LogP contribution in [0.15, 0.2) is 47.4 Å². The van der Waals surface area contributed by atoms with Gasteiger partial charge in [-0.3, -0.25) is 9.59 Å². The number of fused-ring (bicyclic) bond motifs is 1. The van der Waals surface area contributed by atoms with E-state index in [0.29, 0.717) is 6.54 Å². The van der Waals surface area contributed by atoms with Gasteiger partial charge in [0.25, 0.3) is 15.9 Å². The highest BCUT2D eigenvalue weighted by atomic mass is 32.2. The molecule has 7 heteroatoms. The van der Waals surface area contributed by atoms with Gasteiger partial charge in [0.15, 0.2) is 0 Å². The third kappa shape index (κ3) is 3.04. The Bertz CT molecular complexity index is 1110. The second-order valence-electron chi connectivity index (χ2n) is 7.81. The lowest BCUT2D eigenvalue weighted by atomic mass is 9.99. The fraction of sp³-hybridized carbons (Fsp3) is 0.364. The molecule has 1 saturated heterocycles. The van der Waals surface area contributed by atoms with Gasteiger partial charge in [-0.05, 0) is 62.4 Å². The number of amides is 2. The SMILES string of the molecule is Cc1ccc(C2CCCN2C(=O)C(C)N2C(=O)c3ccccc3S2(=O)=O)cc1C. The van der Waals surface area contributed by atoms with E-state index in [1.165, 1.54) is 24.6 Å². The summed E-state index contributed by atoms with van der Waals surface area (Å²) in [6, 6.07) is 11.1. The van der Waals surface area contributed by atoms with E-state index in [4.69, 9.17) is 0 Å². The molecule has 152 valence electrons. The summed E-state index contributed by atoms with van der Waals surface area (Å²) in [7, 11) is -4.03. The number of sulfonamides is 1. The molecule has 0 N–H and O–H groups in total. The van der Waals surface area contributed by atoms with Crippen LogP contribution in [0.3, 0.4) is 0 Å². The summed E-state index contributed by atoms with van der Waals surface area (Å²) in [5, 5.41) is 0. The van der Waals surface area contributed by atoms with E-state index in [-0.39, 0.29) is 22.4 Å². The second-order valence-corrected chi connectivity index (χ2v) is 9.59. The molecule has 2 amide bonds. The number of hydrogen-bond donors (Lipinski definition) is 0. The van der Waals surface area contributed by atoms with Crippen LogP contribution in [-0.2, 0) is 14.8 Å². The van der Waals surface area contributed by atoms with E-state index >= 15 is 0 Å². The van der Waals surface area contributed by atoms with Crippen molar-refractivity contribution in [1.29, 1.82) is 0 Å². The Hall–Kier alpha value is -2.67. The van der Waals surface area contributed by atoms with Crippen molar-refractivity contribution in [2.24, 2.45) is 0 Å². The van der Waals surface area contributed by atoms with Crippen molar-refractivity contribution >= 4 is 21.8 Å². The van der Waals surface area contributed by atoms with Gasteiger partial charge in [-0.15, -0.1) is 0 Å². The molecule has 1 fully saturated rings. The van der Waals surface area contributed by atoms with Gasteiger partial charge in [-0.1, -0.05) is 30.3 Å². The van der Waals surface area contributed by atoms with Crippen LogP contribution in [0.1, 0.15) is 52.9 Å². The van der Waals surface area contributed by atoms with Crippen LogP contribution >= 0.6 is 0 Å². The first-order chi connectivity index (χ1) is 13.7. The van der Waals surface area contributed by atoms with Crippen molar-refractivity contribution in [2.75, 3.05) is 6.54 Å². The molecule has 29 heavy (non-hydrogen) atoms. The summed E-state index contributed by atoms with van der Waals surface area (Å²) in [6.07, 6.45) is 1.67. The first kappa shape index (κ1) is 19.6. The average Bonchev–Trinajstić information content (AvgIpc) is 3.25. The molecule has 2 atom stereocenters. The van der Waals surface area contributed by atoms with Crippen LogP contribution in [-0.4, -0.2) is 42.0 Å². The highest BCUT2D eigenvalue weighted by molar-refractivity contribution is 7.90. The zero-order valence-electron chi connectivity index (χ0n) is 16.8. The lowest BCUT2D eigenvalue weighted by Crippen LogP contribution is -2.49. The van der Waals surface area contributed by atoms with Crippen molar-refractivity contribution in [3.63, 3.8) is 0 Å². The third-order valence-electron chi connectivity index (χ3n) is 6.02. The van der Waals surface area contributed by atoms with Crippen LogP contribution in [0.25, 0.3) is 0 Å². The van der Waals surface area contributed by atoms with Gasteiger partial charge < -0.3 is 4.90 Å². The van der Waals surface area contributed by atoms with Crippen LogP contribution < -0.4 is 0 Å². The predicted molar refractivity (Wildman–Crippen MR) is 109 cm³/mol. The molecule has 2 aliphatic rings. The van der Waals surface area contributed by atoms with Crippen molar-refractivity contribution in [1.82, 2.24) is 9.21 Å². The van der Waals surface area contributed by atoms with Gasteiger partial charge in [-0.25, -0.2) is 12.7 Å². The number of hydrogen-bond acceptors (Lipinski definition) is 4. The molecule has 6 nitrogen and oxygen atoms in total. The number of carbonyl (C=O) groups excluding carboxylic acids is 2. The molecular formula is C22H24N2O4S. The van der Waals surface area contributed by atoms with E-state index in [1.54, 1.807) is 17.0 Å². The maximum Gasteiger partial charge on any atom is 0.269 e. The van der Waals surface area contributed by atoms with Crippen molar-refractivity contribution in [2.45, 2.75) is 50.6 Å². The lowest BCUT2D eigenvalue weighted by molar-refractivity contribution is -0.135. The molecule has 2 heterocycles. The normalized spacial score (nSPS) is 21.3. The standard InChI is InChI=1S/C22H24N2O4S/c1-14-10-11-17(13-15(14)2)19-8-6-12-23(19)21(25)16(3)24-22(26)18-7-4-5-9-20(18)29(24,27)28/h4-5,7,9-11,13,16,19H,6,8,12H2,1-3H3. The minimum absolute atomic E-state index is 0.0308. The van der Waals surface area contributed by atoms with Gasteiger partial charge in [0.1, 0.15) is 10.9 Å². The summed E-state index contributed by atoms with van der Waals surface area (Å²) in [4.78, 5) is 27.8. The molecule has 2 aromatic rings. The summed E-state index contributed by atoms with van der Waals surface area (Å²) < 4.78 is 26.6. The van der Waals surface area contributed by atoms with E-state index in [2.05, 4.69) is 6.07 Å². The molecule has 0 spiro atoms. The van der Waals surface area contributed by atoms with E-state index < -0.39 is 22.0 Å². The number of aryl methyl sites for hydroxylation is 2. The minimum Gasteiger partial charge on any atom is -0.334 e. The minimum atomic E-state index is -4.03. The summed E-state index contributed by atoms with van der Waals surface area (Å²) in [5.74, 6) is -0.973. The van der Waals surface area contributed by atoms with Crippen LogP contribution in [0, 0.1) is 13.8 Å². The largest absolute Gasteiger partial charge is 0.334 e. The van der Waals surface area contributed by atoms with Crippen LogP contribution in [0.4, 0.5) is 0 Å². The molecule has 2 aliphatic heterocycles. The van der Waals surface area contributed by atoms with Crippen LogP contribution in [0.5, 0.6) is 0 Å². The van der Waals surface area contributed by atoms with E-state index in [1.807, 2.05) is 26.0 Å². The van der Waals surface area contributed by atoms with Gasteiger partial charge in [0.2, 0.25) is 5.91 Å². The van der Waals surface area contributed by atoms with Crippen molar-refractivity contribution < 1.29 is 18.0 Å². The molecule has 0 radical (unpaired) electrons. The highest BCUT2D eigenvalue weighted by Crippen LogP contribution is 2.36. The summed E-state index contributed by atoms with van der Waals surface area (Å²) in [5.41, 5.74) is 3.51. The maximum absolute atomic E-state index is 13.3. The first-order valence-corrected chi connectivity index (χ1v) is 11.2. The topological polar surface area (TPSA) is 74.8 Å².